The van der Waals surface area contributed by atoms with Crippen LogP contribution < -0.4 is 15.8 Å². The minimum Gasteiger partial charge on any atom is -0.471 e. The first-order chi connectivity index (χ1) is 17.8. The van der Waals surface area contributed by atoms with Gasteiger partial charge in [-0.15, -0.1) is 11.3 Å². The van der Waals surface area contributed by atoms with Crippen LogP contribution in [-0.4, -0.2) is 26.6 Å². The molecular weight excluding hydrogens is 528 g/mol. The van der Waals surface area contributed by atoms with E-state index in [0.29, 0.717) is 10.8 Å². The summed E-state index contributed by atoms with van der Waals surface area (Å²) in [6, 6.07) is 12.6. The van der Waals surface area contributed by atoms with Crippen molar-refractivity contribution in [2.45, 2.75) is 13.2 Å². The van der Waals surface area contributed by atoms with E-state index in [0.717, 1.165) is 17.4 Å². The lowest BCUT2D eigenvalue weighted by atomic mass is 10.1. The summed E-state index contributed by atoms with van der Waals surface area (Å²) in [5, 5.41) is 7.59. The molecular formula is C24H16ClF2N5O4S. The van der Waals surface area contributed by atoms with Gasteiger partial charge in [-0.25, -0.2) is 18.4 Å². The first-order valence-corrected chi connectivity index (χ1v) is 11.8. The molecule has 188 valence electrons. The first kappa shape index (κ1) is 24.4. The monoisotopic (exact) mass is 543 g/mol. The number of furan rings is 1. The Morgan fingerprint density at radius 3 is 2.76 bits per heavy atom. The SMILES string of the molecule is NC(=O)c1sc2nc(C(F)F)cc(-c3ccco3)c2c1NC(=O)c1ccn(COc2cccc(Cl)c2)n1. The highest BCUT2D eigenvalue weighted by molar-refractivity contribution is 7.21. The first-order valence-electron chi connectivity index (χ1n) is 10.6. The fourth-order valence-electron chi connectivity index (χ4n) is 3.58. The molecule has 0 aliphatic heterocycles. The molecule has 0 atom stereocenters. The Hall–Kier alpha value is -4.29. The summed E-state index contributed by atoms with van der Waals surface area (Å²) in [4.78, 5) is 29.3. The molecule has 0 saturated heterocycles. The molecule has 0 saturated carbocycles. The second kappa shape index (κ2) is 9.99. The van der Waals surface area contributed by atoms with Crippen molar-refractivity contribution in [1.29, 1.82) is 0 Å². The highest BCUT2D eigenvalue weighted by Gasteiger charge is 2.26. The third-order valence-electron chi connectivity index (χ3n) is 5.19. The van der Waals surface area contributed by atoms with E-state index in [2.05, 4.69) is 15.4 Å². The highest BCUT2D eigenvalue weighted by Crippen LogP contribution is 2.42. The topological polar surface area (TPSA) is 125 Å². The van der Waals surface area contributed by atoms with Crippen molar-refractivity contribution >= 4 is 50.7 Å². The number of carbonyl (C=O) groups is 2. The average Bonchev–Trinajstić information content (AvgIpc) is 3.62. The van der Waals surface area contributed by atoms with Crippen LogP contribution in [0.5, 0.6) is 5.75 Å². The van der Waals surface area contributed by atoms with Crippen LogP contribution in [-0.2, 0) is 6.73 Å². The largest absolute Gasteiger partial charge is 0.471 e. The molecule has 0 bridgehead atoms. The molecule has 5 aromatic rings. The summed E-state index contributed by atoms with van der Waals surface area (Å²) in [6.07, 6.45) is 0.0418. The zero-order valence-corrected chi connectivity index (χ0v) is 20.2. The van der Waals surface area contributed by atoms with Crippen LogP contribution in [0, 0.1) is 0 Å². The number of nitrogens with one attached hydrogen (secondary N) is 1. The number of fused-ring (bicyclic) bond motifs is 1. The number of primary amides is 1. The minimum absolute atomic E-state index is 0.00447. The quantitative estimate of drug-likeness (QED) is 0.257. The molecule has 0 unspecified atom stereocenters. The van der Waals surface area contributed by atoms with Gasteiger partial charge in [-0.05, 0) is 42.5 Å². The van der Waals surface area contributed by atoms with Gasteiger partial charge in [0, 0.05) is 22.2 Å². The lowest BCUT2D eigenvalue weighted by Crippen LogP contribution is -2.17. The normalized spacial score (nSPS) is 11.2. The summed E-state index contributed by atoms with van der Waals surface area (Å²) in [5.74, 6) is -0.748. The number of benzene rings is 1. The average molecular weight is 544 g/mol. The van der Waals surface area contributed by atoms with Gasteiger partial charge in [-0.3, -0.25) is 9.59 Å². The van der Waals surface area contributed by atoms with Gasteiger partial charge in [0.25, 0.3) is 18.2 Å². The molecule has 0 spiro atoms. The molecule has 5 rings (SSSR count). The molecule has 37 heavy (non-hydrogen) atoms. The lowest BCUT2D eigenvalue weighted by Gasteiger charge is -2.09. The predicted octanol–water partition coefficient (Wildman–Crippen LogP) is 5.73. The molecule has 0 fully saturated rings. The van der Waals surface area contributed by atoms with Crippen LogP contribution in [0.1, 0.15) is 32.3 Å². The van der Waals surface area contributed by atoms with Crippen LogP contribution in [0.4, 0.5) is 14.5 Å². The van der Waals surface area contributed by atoms with Crippen molar-refractivity contribution in [3.63, 3.8) is 0 Å². The van der Waals surface area contributed by atoms with E-state index >= 15 is 0 Å². The van der Waals surface area contributed by atoms with E-state index in [1.807, 2.05) is 0 Å². The Kier molecular flexibility index (Phi) is 6.59. The summed E-state index contributed by atoms with van der Waals surface area (Å²) in [6.45, 7) is 0.00447. The Balaban J connectivity index is 1.48. The molecule has 2 amide bonds. The lowest BCUT2D eigenvalue weighted by molar-refractivity contribution is 0.100. The number of pyridine rings is 1. The van der Waals surface area contributed by atoms with E-state index in [-0.39, 0.29) is 44.5 Å². The van der Waals surface area contributed by atoms with Gasteiger partial charge in [-0.2, -0.15) is 5.10 Å². The number of ether oxygens (including phenoxy) is 1. The highest BCUT2D eigenvalue weighted by atomic mass is 35.5. The smallest absolute Gasteiger partial charge is 0.280 e. The number of hydrogen-bond donors (Lipinski definition) is 2. The summed E-state index contributed by atoms with van der Waals surface area (Å²) in [5.41, 5.74) is 5.31. The van der Waals surface area contributed by atoms with Crippen molar-refractivity contribution in [3.05, 3.63) is 82.3 Å². The van der Waals surface area contributed by atoms with Gasteiger partial charge in [0.1, 0.15) is 26.9 Å². The van der Waals surface area contributed by atoms with Crippen LogP contribution >= 0.6 is 22.9 Å². The Morgan fingerprint density at radius 1 is 1.22 bits per heavy atom. The number of carbonyl (C=O) groups excluding carboxylic acids is 2. The van der Waals surface area contributed by atoms with Crippen LogP contribution in [0.25, 0.3) is 21.5 Å². The molecule has 3 N–H and O–H groups in total. The maximum absolute atomic E-state index is 13.5. The van der Waals surface area contributed by atoms with Gasteiger partial charge in [-0.1, -0.05) is 17.7 Å². The zero-order chi connectivity index (χ0) is 26.1. The van der Waals surface area contributed by atoms with Crippen LogP contribution in [0.3, 0.4) is 0 Å². The van der Waals surface area contributed by atoms with E-state index < -0.39 is 23.9 Å². The van der Waals surface area contributed by atoms with E-state index in [1.54, 1.807) is 36.4 Å². The van der Waals surface area contributed by atoms with E-state index in [1.165, 1.54) is 23.2 Å². The van der Waals surface area contributed by atoms with Gasteiger partial charge in [0.15, 0.2) is 12.4 Å². The number of aromatic nitrogens is 3. The standard InChI is InChI=1S/C24H16ClF2N5O4S/c25-12-3-1-4-13(9-12)36-11-32-7-6-15(31-32)23(34)30-19-18-14(17-5-2-8-35-17)10-16(21(26)27)29-24(18)37-20(19)22(28)33/h1-10,21H,11H2,(H2,28,33)(H,30,34). The summed E-state index contributed by atoms with van der Waals surface area (Å²) < 4.78 is 39.5. The third kappa shape index (κ3) is 5.01. The summed E-state index contributed by atoms with van der Waals surface area (Å²) in [7, 11) is 0. The number of anilines is 1. The van der Waals surface area contributed by atoms with Gasteiger partial charge in [0.2, 0.25) is 0 Å². The zero-order valence-electron chi connectivity index (χ0n) is 18.7. The van der Waals surface area contributed by atoms with Crippen molar-refractivity contribution in [2.75, 3.05) is 5.32 Å². The maximum Gasteiger partial charge on any atom is 0.280 e. The Labute approximate surface area is 216 Å². The van der Waals surface area contributed by atoms with Crippen molar-refractivity contribution in [1.82, 2.24) is 14.8 Å². The molecule has 13 heteroatoms. The predicted molar refractivity (Wildman–Crippen MR) is 133 cm³/mol. The second-order valence-electron chi connectivity index (χ2n) is 7.65. The van der Waals surface area contributed by atoms with E-state index in [4.69, 9.17) is 26.5 Å². The van der Waals surface area contributed by atoms with Crippen molar-refractivity contribution < 1.29 is 27.5 Å². The number of hydrogen-bond acceptors (Lipinski definition) is 7. The molecule has 9 nitrogen and oxygen atoms in total. The number of nitrogens with two attached hydrogens (primary N) is 1. The van der Waals surface area contributed by atoms with Crippen molar-refractivity contribution in [3.8, 4) is 17.1 Å². The number of rotatable bonds is 8. The van der Waals surface area contributed by atoms with Gasteiger partial charge < -0.3 is 20.2 Å². The molecule has 1 aromatic carbocycles. The second-order valence-corrected chi connectivity index (χ2v) is 9.08. The van der Waals surface area contributed by atoms with Crippen LogP contribution in [0.2, 0.25) is 5.02 Å². The number of amides is 2. The number of halogens is 3. The van der Waals surface area contributed by atoms with Crippen LogP contribution in [0.15, 0.2) is 65.4 Å². The molecule has 0 aliphatic rings. The summed E-state index contributed by atoms with van der Waals surface area (Å²) >= 11 is 6.74. The van der Waals surface area contributed by atoms with Gasteiger partial charge >= 0.3 is 0 Å². The molecule has 4 aromatic heterocycles. The maximum atomic E-state index is 13.5. The Bertz CT molecular complexity index is 1620. The van der Waals surface area contributed by atoms with E-state index in [9.17, 15) is 18.4 Å². The van der Waals surface area contributed by atoms with Crippen molar-refractivity contribution in [2.24, 2.45) is 5.73 Å². The molecule has 0 radical (unpaired) electrons. The number of alkyl halides is 2. The van der Waals surface area contributed by atoms with Gasteiger partial charge in [0.05, 0.1) is 12.0 Å². The fourth-order valence-corrected chi connectivity index (χ4v) is 4.77. The fraction of sp³-hybridized carbons (Fsp3) is 0.0833. The number of nitrogens with zero attached hydrogens (tertiary/aromatic N) is 3. The number of thiophene rings is 1. The molecule has 0 aliphatic carbocycles. The third-order valence-corrected chi connectivity index (χ3v) is 6.52. The molecule has 4 heterocycles. The minimum atomic E-state index is -2.87. The Morgan fingerprint density at radius 2 is 2.05 bits per heavy atom.